The van der Waals surface area contributed by atoms with E-state index in [4.69, 9.17) is 0 Å². The Hall–Kier alpha value is -1.93. The van der Waals surface area contributed by atoms with Crippen LogP contribution in [0, 0.1) is 18.6 Å². The van der Waals surface area contributed by atoms with E-state index in [2.05, 4.69) is 25.6 Å². The molecule has 0 amide bonds. The highest BCUT2D eigenvalue weighted by atomic mass is 79.9. The van der Waals surface area contributed by atoms with Crippen LogP contribution in [0.2, 0.25) is 0 Å². The summed E-state index contributed by atoms with van der Waals surface area (Å²) in [6.45, 7) is 1.83. The zero-order valence-corrected chi connectivity index (χ0v) is 14.2. The molecule has 0 fully saturated rings. The monoisotopic (exact) mass is 400 g/mol. The summed E-state index contributed by atoms with van der Waals surface area (Å²) in [6.07, 6.45) is 1.32. The number of aromatic nitrogens is 1. The molecule has 0 radical (unpaired) electrons. The molecule has 4 nitrogen and oxygen atoms in total. The molecule has 0 aliphatic carbocycles. The van der Waals surface area contributed by atoms with Gasteiger partial charge in [-0.1, -0.05) is 15.9 Å². The number of halogens is 3. The molecular weight excluding hydrogens is 390 g/mol. The second-order valence-electron chi connectivity index (χ2n) is 5.03. The maximum Gasteiger partial charge on any atom is 0.264 e. The number of aryl methyl sites for hydroxylation is 1. The minimum absolute atomic E-state index is 0.0354. The molecule has 0 unspecified atom stereocenters. The highest BCUT2D eigenvalue weighted by molar-refractivity contribution is 9.10. The summed E-state index contributed by atoms with van der Waals surface area (Å²) in [6, 6.07) is 6.03. The van der Waals surface area contributed by atoms with Gasteiger partial charge in [-0.15, -0.1) is 0 Å². The SMILES string of the molecule is Cc1cc2c(S(=O)(=O)Nc3cc(F)ccc3F)c[nH]c2cc1Br. The van der Waals surface area contributed by atoms with Gasteiger partial charge < -0.3 is 4.98 Å². The Morgan fingerprint density at radius 2 is 1.91 bits per heavy atom. The summed E-state index contributed by atoms with van der Waals surface area (Å²) < 4.78 is 54.8. The predicted octanol–water partition coefficient (Wildman–Crippen LogP) is 4.32. The molecule has 0 saturated heterocycles. The van der Waals surface area contributed by atoms with Gasteiger partial charge in [0.25, 0.3) is 10.0 Å². The highest BCUT2D eigenvalue weighted by Gasteiger charge is 2.21. The van der Waals surface area contributed by atoms with Gasteiger partial charge in [0.2, 0.25) is 0 Å². The predicted molar refractivity (Wildman–Crippen MR) is 87.9 cm³/mol. The first-order valence-electron chi connectivity index (χ1n) is 6.53. The largest absolute Gasteiger partial charge is 0.360 e. The molecule has 8 heteroatoms. The third-order valence-electron chi connectivity index (χ3n) is 3.39. The number of benzene rings is 2. The van der Waals surface area contributed by atoms with Crippen LogP contribution >= 0.6 is 15.9 Å². The third-order valence-corrected chi connectivity index (χ3v) is 5.65. The van der Waals surface area contributed by atoms with Crippen LogP contribution in [0.1, 0.15) is 5.56 Å². The van der Waals surface area contributed by atoms with Crippen molar-refractivity contribution in [2.24, 2.45) is 0 Å². The maximum atomic E-state index is 13.7. The lowest BCUT2D eigenvalue weighted by molar-refractivity contribution is 0.595. The summed E-state index contributed by atoms with van der Waals surface area (Å²) in [7, 11) is -4.07. The number of fused-ring (bicyclic) bond motifs is 1. The van der Waals surface area contributed by atoms with Crippen molar-refractivity contribution in [1.29, 1.82) is 0 Å². The van der Waals surface area contributed by atoms with Crippen molar-refractivity contribution >= 4 is 42.5 Å². The topological polar surface area (TPSA) is 62.0 Å². The Morgan fingerprint density at radius 3 is 2.65 bits per heavy atom. The molecule has 0 spiro atoms. The summed E-state index contributed by atoms with van der Waals surface area (Å²) in [5.74, 6) is -1.59. The lowest BCUT2D eigenvalue weighted by atomic mass is 10.2. The molecule has 3 rings (SSSR count). The summed E-state index contributed by atoms with van der Waals surface area (Å²) in [5.41, 5.74) is 1.03. The van der Waals surface area contributed by atoms with Crippen molar-refractivity contribution in [2.75, 3.05) is 4.72 Å². The maximum absolute atomic E-state index is 13.7. The van der Waals surface area contributed by atoms with Gasteiger partial charge >= 0.3 is 0 Å². The van der Waals surface area contributed by atoms with Crippen LogP contribution in [0.3, 0.4) is 0 Å². The molecule has 2 aromatic carbocycles. The summed E-state index contributed by atoms with van der Waals surface area (Å²) >= 11 is 3.37. The van der Waals surface area contributed by atoms with Crippen molar-refractivity contribution in [3.8, 4) is 0 Å². The zero-order chi connectivity index (χ0) is 16.8. The van der Waals surface area contributed by atoms with Crippen molar-refractivity contribution in [3.63, 3.8) is 0 Å². The minimum atomic E-state index is -4.07. The van der Waals surface area contributed by atoms with E-state index in [0.29, 0.717) is 10.9 Å². The smallest absolute Gasteiger partial charge is 0.264 e. The Bertz CT molecular complexity index is 1020. The van der Waals surface area contributed by atoms with E-state index in [0.717, 1.165) is 28.2 Å². The van der Waals surface area contributed by atoms with Crippen molar-refractivity contribution in [3.05, 3.63) is 58.2 Å². The molecule has 3 aromatic rings. The van der Waals surface area contributed by atoms with Crippen LogP contribution in [0.25, 0.3) is 10.9 Å². The molecule has 0 bridgehead atoms. The lowest BCUT2D eigenvalue weighted by Gasteiger charge is -2.08. The lowest BCUT2D eigenvalue weighted by Crippen LogP contribution is -2.13. The molecule has 0 saturated carbocycles. The van der Waals surface area contributed by atoms with Gasteiger partial charge in [0.1, 0.15) is 16.5 Å². The molecule has 1 heterocycles. The van der Waals surface area contributed by atoms with E-state index in [1.807, 2.05) is 6.92 Å². The average Bonchev–Trinajstić information content (AvgIpc) is 2.87. The Balaban J connectivity index is 2.10. The second-order valence-corrected chi connectivity index (χ2v) is 7.53. The fourth-order valence-corrected chi connectivity index (χ4v) is 3.80. The van der Waals surface area contributed by atoms with E-state index >= 15 is 0 Å². The minimum Gasteiger partial charge on any atom is -0.360 e. The Kier molecular flexibility index (Phi) is 3.89. The Morgan fingerprint density at radius 1 is 1.17 bits per heavy atom. The van der Waals surface area contributed by atoms with Crippen LogP contribution in [-0.4, -0.2) is 13.4 Å². The van der Waals surface area contributed by atoms with Crippen LogP contribution in [0.15, 0.2) is 45.9 Å². The van der Waals surface area contributed by atoms with Gasteiger partial charge in [-0.3, -0.25) is 4.72 Å². The third kappa shape index (κ3) is 2.96. The van der Waals surface area contributed by atoms with E-state index < -0.39 is 27.3 Å². The molecule has 23 heavy (non-hydrogen) atoms. The first-order valence-corrected chi connectivity index (χ1v) is 8.80. The molecule has 120 valence electrons. The van der Waals surface area contributed by atoms with Gasteiger partial charge in [-0.25, -0.2) is 17.2 Å². The second kappa shape index (κ2) is 5.61. The number of sulfonamides is 1. The first-order chi connectivity index (χ1) is 10.8. The molecular formula is C15H11BrF2N2O2S. The van der Waals surface area contributed by atoms with Crippen LogP contribution in [0.5, 0.6) is 0 Å². The van der Waals surface area contributed by atoms with Crippen molar-refractivity contribution < 1.29 is 17.2 Å². The number of aromatic amines is 1. The molecule has 2 N–H and O–H groups in total. The molecule has 0 aliphatic heterocycles. The quantitative estimate of drug-likeness (QED) is 0.687. The van der Waals surface area contributed by atoms with Crippen LogP contribution in [0.4, 0.5) is 14.5 Å². The molecule has 0 aliphatic rings. The van der Waals surface area contributed by atoms with Gasteiger partial charge in [-0.05, 0) is 36.8 Å². The van der Waals surface area contributed by atoms with Gasteiger partial charge in [0.05, 0.1) is 5.69 Å². The van der Waals surface area contributed by atoms with Crippen molar-refractivity contribution in [1.82, 2.24) is 4.98 Å². The fourth-order valence-electron chi connectivity index (χ4n) is 2.22. The van der Waals surface area contributed by atoms with E-state index in [1.165, 1.54) is 6.20 Å². The van der Waals surface area contributed by atoms with Gasteiger partial charge in [0, 0.05) is 27.6 Å². The number of H-pyrrole nitrogens is 1. The van der Waals surface area contributed by atoms with Crippen molar-refractivity contribution in [2.45, 2.75) is 11.8 Å². The first kappa shape index (κ1) is 15.9. The number of nitrogens with one attached hydrogen (secondary N) is 2. The van der Waals surface area contributed by atoms with E-state index in [1.54, 1.807) is 12.1 Å². The molecule has 0 atom stereocenters. The zero-order valence-electron chi connectivity index (χ0n) is 11.8. The average molecular weight is 401 g/mol. The summed E-state index contributed by atoms with van der Waals surface area (Å²) in [4.78, 5) is 2.82. The number of rotatable bonds is 3. The van der Waals surface area contributed by atoms with Crippen LogP contribution in [-0.2, 0) is 10.0 Å². The van der Waals surface area contributed by atoms with E-state index in [-0.39, 0.29) is 4.90 Å². The standard InChI is InChI=1S/C15H11BrF2N2O2S/c1-8-4-10-13(6-11(8)16)19-7-15(10)23(21,22)20-14-5-9(17)2-3-12(14)18/h2-7,19-20H,1H3. The molecule has 1 aromatic heterocycles. The highest BCUT2D eigenvalue weighted by Crippen LogP contribution is 2.30. The van der Waals surface area contributed by atoms with Gasteiger partial charge in [-0.2, -0.15) is 0 Å². The fraction of sp³-hybridized carbons (Fsp3) is 0.0667. The Labute approximate surface area is 139 Å². The van der Waals surface area contributed by atoms with E-state index in [9.17, 15) is 17.2 Å². The van der Waals surface area contributed by atoms with Crippen LogP contribution < -0.4 is 4.72 Å². The normalized spacial score (nSPS) is 11.8. The van der Waals surface area contributed by atoms with Gasteiger partial charge in [0.15, 0.2) is 0 Å². The number of anilines is 1. The number of hydrogen-bond donors (Lipinski definition) is 2. The number of hydrogen-bond acceptors (Lipinski definition) is 2. The summed E-state index contributed by atoms with van der Waals surface area (Å²) in [5, 5.41) is 0.468.